The smallest absolute Gasteiger partial charge is 0.353 e. The number of hydrogen-bond donors (Lipinski definition) is 2. The standard InChI is InChI=1S/C12H15NO5S/c14-4-7-3-8(5-18-7)19-9-1-6-2-10(15)13(6)11(9)12(16)17/h6-8,14H,1-5H2,(H,16,17). The van der Waals surface area contributed by atoms with Gasteiger partial charge in [-0.05, 0) is 6.42 Å². The molecule has 0 aliphatic carbocycles. The van der Waals surface area contributed by atoms with Crippen molar-refractivity contribution in [3.8, 4) is 0 Å². The molecule has 0 aromatic carbocycles. The Bertz CT molecular complexity index is 463. The van der Waals surface area contributed by atoms with E-state index in [9.17, 15) is 14.7 Å². The van der Waals surface area contributed by atoms with Crippen LogP contribution < -0.4 is 0 Å². The van der Waals surface area contributed by atoms with Crippen LogP contribution in [0.25, 0.3) is 0 Å². The zero-order valence-electron chi connectivity index (χ0n) is 10.2. The first-order valence-electron chi connectivity index (χ1n) is 6.27. The molecule has 3 unspecified atom stereocenters. The third kappa shape index (κ3) is 2.15. The van der Waals surface area contributed by atoms with Crippen LogP contribution in [0.3, 0.4) is 0 Å². The number of aliphatic hydroxyl groups is 1. The fourth-order valence-corrected chi connectivity index (χ4v) is 4.25. The molecule has 2 saturated heterocycles. The second-order valence-electron chi connectivity index (χ2n) is 5.02. The number of aliphatic hydroxyl groups excluding tert-OH is 1. The molecule has 0 aromatic heterocycles. The van der Waals surface area contributed by atoms with E-state index in [0.717, 1.165) is 11.3 Å². The van der Waals surface area contributed by atoms with Crippen LogP contribution in [0.4, 0.5) is 0 Å². The Labute approximate surface area is 114 Å². The number of rotatable bonds is 4. The fourth-order valence-electron chi connectivity index (χ4n) is 2.81. The minimum atomic E-state index is -1.03. The van der Waals surface area contributed by atoms with E-state index in [1.807, 2.05) is 0 Å². The maximum Gasteiger partial charge on any atom is 0.353 e. The van der Waals surface area contributed by atoms with Crippen molar-refractivity contribution < 1.29 is 24.5 Å². The highest BCUT2D eigenvalue weighted by atomic mass is 32.2. The topological polar surface area (TPSA) is 87.1 Å². The summed E-state index contributed by atoms with van der Waals surface area (Å²) in [6.45, 7) is 0.514. The predicted molar refractivity (Wildman–Crippen MR) is 67.4 cm³/mol. The van der Waals surface area contributed by atoms with Gasteiger partial charge in [0, 0.05) is 23.0 Å². The van der Waals surface area contributed by atoms with Gasteiger partial charge in [-0.1, -0.05) is 0 Å². The van der Waals surface area contributed by atoms with E-state index in [-0.39, 0.29) is 35.6 Å². The van der Waals surface area contributed by atoms with Crippen molar-refractivity contribution in [3.63, 3.8) is 0 Å². The first-order chi connectivity index (χ1) is 9.10. The number of amides is 1. The van der Waals surface area contributed by atoms with E-state index in [0.29, 0.717) is 19.4 Å². The highest BCUT2D eigenvalue weighted by Gasteiger charge is 2.48. The Morgan fingerprint density at radius 2 is 2.26 bits per heavy atom. The summed E-state index contributed by atoms with van der Waals surface area (Å²) < 4.78 is 5.39. The Kier molecular flexibility index (Phi) is 3.28. The summed E-state index contributed by atoms with van der Waals surface area (Å²) in [6.07, 6.45) is 1.65. The second-order valence-corrected chi connectivity index (χ2v) is 6.41. The van der Waals surface area contributed by atoms with Gasteiger partial charge in [0.2, 0.25) is 5.91 Å². The molecule has 2 fully saturated rings. The van der Waals surface area contributed by atoms with Crippen molar-refractivity contribution in [1.29, 1.82) is 0 Å². The van der Waals surface area contributed by atoms with E-state index in [1.165, 1.54) is 16.7 Å². The highest BCUT2D eigenvalue weighted by molar-refractivity contribution is 8.03. The van der Waals surface area contributed by atoms with Gasteiger partial charge in [0.1, 0.15) is 5.70 Å². The average molecular weight is 285 g/mol. The summed E-state index contributed by atoms with van der Waals surface area (Å²) in [7, 11) is 0. The zero-order chi connectivity index (χ0) is 13.6. The number of nitrogens with zero attached hydrogens (tertiary/aromatic N) is 1. The minimum Gasteiger partial charge on any atom is -0.477 e. The molecule has 7 heteroatoms. The van der Waals surface area contributed by atoms with Gasteiger partial charge in [-0.3, -0.25) is 4.79 Å². The molecule has 0 spiro atoms. The third-order valence-electron chi connectivity index (χ3n) is 3.73. The van der Waals surface area contributed by atoms with Crippen molar-refractivity contribution in [2.24, 2.45) is 0 Å². The van der Waals surface area contributed by atoms with Gasteiger partial charge < -0.3 is 19.8 Å². The van der Waals surface area contributed by atoms with Crippen molar-refractivity contribution in [1.82, 2.24) is 4.90 Å². The summed E-state index contributed by atoms with van der Waals surface area (Å²) in [6, 6.07) is 0.0389. The molecular weight excluding hydrogens is 270 g/mol. The number of carbonyl (C=O) groups excluding carboxylic acids is 1. The Morgan fingerprint density at radius 1 is 1.47 bits per heavy atom. The highest BCUT2D eigenvalue weighted by Crippen LogP contribution is 2.45. The van der Waals surface area contributed by atoms with Gasteiger partial charge >= 0.3 is 5.97 Å². The molecule has 2 N–H and O–H groups in total. The van der Waals surface area contributed by atoms with Gasteiger partial charge in [-0.25, -0.2) is 4.79 Å². The number of aliphatic carboxylic acids is 1. The van der Waals surface area contributed by atoms with E-state index < -0.39 is 5.97 Å². The quantitative estimate of drug-likeness (QED) is 0.716. The van der Waals surface area contributed by atoms with Crippen LogP contribution in [0.1, 0.15) is 19.3 Å². The normalized spacial score (nSPS) is 33.6. The van der Waals surface area contributed by atoms with Crippen LogP contribution in [0.15, 0.2) is 10.6 Å². The Balaban J connectivity index is 1.73. The predicted octanol–water partition coefficient (Wildman–Crippen LogP) is 0.170. The first kappa shape index (κ1) is 13.0. The van der Waals surface area contributed by atoms with Crippen molar-refractivity contribution in [2.45, 2.75) is 36.7 Å². The summed E-state index contributed by atoms with van der Waals surface area (Å²) in [4.78, 5) is 25.0. The molecule has 0 aromatic rings. The number of carbonyl (C=O) groups is 2. The maximum absolute atomic E-state index is 11.5. The van der Waals surface area contributed by atoms with Crippen LogP contribution in [-0.2, 0) is 14.3 Å². The summed E-state index contributed by atoms with van der Waals surface area (Å²) in [5.74, 6) is -1.13. The van der Waals surface area contributed by atoms with Crippen LogP contribution in [0.2, 0.25) is 0 Å². The fraction of sp³-hybridized carbons (Fsp3) is 0.667. The van der Waals surface area contributed by atoms with Crippen molar-refractivity contribution in [3.05, 3.63) is 10.6 Å². The molecule has 3 heterocycles. The second kappa shape index (κ2) is 4.81. The van der Waals surface area contributed by atoms with E-state index in [2.05, 4.69) is 0 Å². The van der Waals surface area contributed by atoms with Crippen molar-refractivity contribution in [2.75, 3.05) is 13.2 Å². The van der Waals surface area contributed by atoms with Gasteiger partial charge in [-0.2, -0.15) is 0 Å². The first-order valence-corrected chi connectivity index (χ1v) is 7.15. The third-order valence-corrected chi connectivity index (χ3v) is 5.04. The molecule has 6 nitrogen and oxygen atoms in total. The Morgan fingerprint density at radius 3 is 2.84 bits per heavy atom. The molecule has 0 bridgehead atoms. The lowest BCUT2D eigenvalue weighted by Crippen LogP contribution is -2.49. The molecule has 1 amide bonds. The largest absolute Gasteiger partial charge is 0.477 e. The number of β-lactam (4-membered cyclic amide) rings is 1. The van der Waals surface area contributed by atoms with Crippen LogP contribution in [-0.4, -0.2) is 57.6 Å². The molecule has 0 saturated carbocycles. The van der Waals surface area contributed by atoms with Gasteiger partial charge in [0.05, 0.1) is 25.4 Å². The lowest BCUT2D eigenvalue weighted by Gasteiger charge is -2.34. The summed E-state index contributed by atoms with van der Waals surface area (Å²) >= 11 is 1.49. The zero-order valence-corrected chi connectivity index (χ0v) is 11.1. The SMILES string of the molecule is O=C(O)C1=C(SC2COC(CO)C2)CC2CC(=O)N12. The number of carboxylic acid groups (broad SMARTS) is 1. The number of fused-ring (bicyclic) bond motifs is 1. The molecule has 3 aliphatic rings. The van der Waals surface area contributed by atoms with Crippen LogP contribution in [0, 0.1) is 0 Å². The van der Waals surface area contributed by atoms with Gasteiger partial charge in [0.15, 0.2) is 0 Å². The molecular formula is C12H15NO5S. The molecule has 3 atom stereocenters. The number of ether oxygens (including phenoxy) is 1. The maximum atomic E-state index is 11.5. The van der Waals surface area contributed by atoms with Crippen LogP contribution >= 0.6 is 11.8 Å². The van der Waals surface area contributed by atoms with E-state index >= 15 is 0 Å². The average Bonchev–Trinajstić information content (AvgIpc) is 2.92. The van der Waals surface area contributed by atoms with E-state index in [4.69, 9.17) is 9.84 Å². The van der Waals surface area contributed by atoms with Crippen molar-refractivity contribution >= 4 is 23.6 Å². The Hall–Kier alpha value is -1.05. The lowest BCUT2D eigenvalue weighted by atomic mass is 10.0. The molecule has 104 valence electrons. The number of thioether (sulfide) groups is 1. The van der Waals surface area contributed by atoms with E-state index in [1.54, 1.807) is 0 Å². The minimum absolute atomic E-state index is 0.00483. The molecule has 0 radical (unpaired) electrons. The monoisotopic (exact) mass is 285 g/mol. The molecule has 3 aliphatic heterocycles. The van der Waals surface area contributed by atoms with Crippen LogP contribution in [0.5, 0.6) is 0 Å². The van der Waals surface area contributed by atoms with Gasteiger partial charge in [0.25, 0.3) is 0 Å². The lowest BCUT2D eigenvalue weighted by molar-refractivity contribution is -0.147. The summed E-state index contributed by atoms with van der Waals surface area (Å²) in [5.41, 5.74) is 0.152. The number of hydrogen-bond acceptors (Lipinski definition) is 5. The number of carboxylic acids is 1. The molecule has 3 rings (SSSR count). The summed E-state index contributed by atoms with van der Waals surface area (Å²) in [5, 5.41) is 18.4. The van der Waals surface area contributed by atoms with Gasteiger partial charge in [-0.15, -0.1) is 11.8 Å². The molecule has 19 heavy (non-hydrogen) atoms.